The number of carbonyl (C=O) groups is 3. The molecule has 1 fully saturated rings. The summed E-state index contributed by atoms with van der Waals surface area (Å²) in [5.41, 5.74) is 0.991. The lowest BCUT2D eigenvalue weighted by Crippen LogP contribution is -2.37. The van der Waals surface area contributed by atoms with Crippen molar-refractivity contribution in [1.82, 2.24) is 20.5 Å². The van der Waals surface area contributed by atoms with Gasteiger partial charge in [0.25, 0.3) is 5.91 Å². The first-order valence-corrected chi connectivity index (χ1v) is 9.84. The van der Waals surface area contributed by atoms with E-state index in [0.717, 1.165) is 21.2 Å². The highest BCUT2D eigenvalue weighted by molar-refractivity contribution is 7.09. The van der Waals surface area contributed by atoms with Gasteiger partial charge in [0, 0.05) is 31.1 Å². The monoisotopic (exact) mass is 402 g/mol. The van der Waals surface area contributed by atoms with Gasteiger partial charge in [-0.3, -0.25) is 14.5 Å². The predicted molar refractivity (Wildman–Crippen MR) is 104 cm³/mol. The largest absolute Gasteiger partial charge is 0.497 e. The van der Waals surface area contributed by atoms with E-state index < -0.39 is 12.1 Å². The number of thiazole rings is 1. The summed E-state index contributed by atoms with van der Waals surface area (Å²) >= 11 is 1.53. The third kappa shape index (κ3) is 5.07. The molecule has 0 bridgehead atoms. The Morgan fingerprint density at radius 1 is 1.29 bits per heavy atom. The van der Waals surface area contributed by atoms with Gasteiger partial charge in [-0.1, -0.05) is 12.1 Å². The second-order valence-electron chi connectivity index (χ2n) is 6.32. The summed E-state index contributed by atoms with van der Waals surface area (Å²) in [5, 5.41) is 8.17. The first-order valence-electron chi connectivity index (χ1n) is 8.96. The number of methoxy groups -OCH3 is 1. The Morgan fingerprint density at radius 2 is 2.07 bits per heavy atom. The van der Waals surface area contributed by atoms with Gasteiger partial charge in [0.15, 0.2) is 0 Å². The Labute approximate surface area is 166 Å². The van der Waals surface area contributed by atoms with E-state index in [0.29, 0.717) is 19.4 Å². The number of benzene rings is 1. The van der Waals surface area contributed by atoms with Crippen molar-refractivity contribution < 1.29 is 19.1 Å². The number of hydrogen-bond donors (Lipinski definition) is 2. The molecule has 1 saturated heterocycles. The molecule has 148 valence electrons. The Bertz CT molecular complexity index is 823. The minimum atomic E-state index is -0.816. The van der Waals surface area contributed by atoms with Crippen LogP contribution in [0.25, 0.3) is 0 Å². The fourth-order valence-corrected chi connectivity index (χ4v) is 3.52. The van der Waals surface area contributed by atoms with Crippen molar-refractivity contribution in [2.45, 2.75) is 25.3 Å². The van der Waals surface area contributed by atoms with Crippen LogP contribution in [-0.4, -0.2) is 54.0 Å². The van der Waals surface area contributed by atoms with Crippen LogP contribution in [0.5, 0.6) is 5.75 Å². The van der Waals surface area contributed by atoms with Gasteiger partial charge in [-0.15, -0.1) is 11.3 Å². The molecule has 1 aromatic carbocycles. The SMILES string of the molecule is COc1ccc(CCN2C(=O)NC(CC(=O)NCCc3nccs3)C2=O)cc1. The number of imide groups is 1. The second kappa shape index (κ2) is 9.32. The molecule has 1 aromatic heterocycles. The lowest BCUT2D eigenvalue weighted by Gasteiger charge is -2.13. The Hall–Kier alpha value is -2.94. The number of ether oxygens (including phenoxy) is 1. The van der Waals surface area contributed by atoms with E-state index in [9.17, 15) is 14.4 Å². The summed E-state index contributed by atoms with van der Waals surface area (Å²) in [7, 11) is 1.59. The molecule has 8 nitrogen and oxygen atoms in total. The zero-order valence-corrected chi connectivity index (χ0v) is 16.3. The molecular formula is C19H22N4O4S. The molecule has 9 heteroatoms. The fourth-order valence-electron chi connectivity index (χ4n) is 2.90. The smallest absolute Gasteiger partial charge is 0.324 e. The van der Waals surface area contributed by atoms with Crippen LogP contribution in [0.15, 0.2) is 35.8 Å². The fraction of sp³-hybridized carbons (Fsp3) is 0.368. The van der Waals surface area contributed by atoms with Gasteiger partial charge in [-0.25, -0.2) is 9.78 Å². The van der Waals surface area contributed by atoms with Gasteiger partial charge in [0.05, 0.1) is 18.5 Å². The van der Waals surface area contributed by atoms with E-state index in [2.05, 4.69) is 15.6 Å². The summed E-state index contributed by atoms with van der Waals surface area (Å²) in [6, 6.07) is 6.18. The van der Waals surface area contributed by atoms with Gasteiger partial charge >= 0.3 is 6.03 Å². The van der Waals surface area contributed by atoms with Crippen LogP contribution in [0, 0.1) is 0 Å². The highest BCUT2D eigenvalue weighted by atomic mass is 32.1. The maximum Gasteiger partial charge on any atom is 0.324 e. The van der Waals surface area contributed by atoms with E-state index in [1.807, 2.05) is 29.6 Å². The molecule has 1 aliphatic rings. The summed E-state index contributed by atoms with van der Waals surface area (Å²) < 4.78 is 5.11. The quantitative estimate of drug-likeness (QED) is 0.617. The number of nitrogens with zero attached hydrogens (tertiary/aromatic N) is 2. The highest BCUT2D eigenvalue weighted by Gasteiger charge is 2.38. The van der Waals surface area contributed by atoms with Crippen molar-refractivity contribution in [2.24, 2.45) is 0 Å². The molecule has 2 aromatic rings. The van der Waals surface area contributed by atoms with Crippen molar-refractivity contribution in [3.8, 4) is 5.75 Å². The molecule has 2 heterocycles. The molecular weight excluding hydrogens is 380 g/mol. The van der Waals surface area contributed by atoms with Crippen molar-refractivity contribution in [3.05, 3.63) is 46.4 Å². The van der Waals surface area contributed by atoms with Gasteiger partial charge in [-0.05, 0) is 24.1 Å². The molecule has 1 aliphatic heterocycles. The predicted octanol–water partition coefficient (Wildman–Crippen LogP) is 1.36. The topological polar surface area (TPSA) is 101 Å². The van der Waals surface area contributed by atoms with E-state index >= 15 is 0 Å². The van der Waals surface area contributed by atoms with Gasteiger partial charge < -0.3 is 15.4 Å². The zero-order chi connectivity index (χ0) is 19.9. The minimum absolute atomic E-state index is 0.0680. The molecule has 1 atom stereocenters. The van der Waals surface area contributed by atoms with Crippen LogP contribution in [0.2, 0.25) is 0 Å². The Morgan fingerprint density at radius 3 is 2.75 bits per heavy atom. The normalized spacial score (nSPS) is 16.2. The third-order valence-corrected chi connectivity index (χ3v) is 5.26. The number of urea groups is 1. The van der Waals surface area contributed by atoms with E-state index in [-0.39, 0.29) is 24.8 Å². The van der Waals surface area contributed by atoms with Crippen LogP contribution in [0.4, 0.5) is 4.79 Å². The first kappa shape index (κ1) is 19.8. The summed E-state index contributed by atoms with van der Waals surface area (Å²) in [6.07, 6.45) is 2.83. The number of amides is 4. The Balaban J connectivity index is 1.44. The molecule has 28 heavy (non-hydrogen) atoms. The van der Waals surface area contributed by atoms with Crippen LogP contribution in [0.3, 0.4) is 0 Å². The standard InChI is InChI=1S/C19H22N4O4S/c1-27-14-4-2-13(3-5-14)7-10-23-18(25)15(22-19(23)26)12-16(24)20-8-6-17-21-9-11-28-17/h2-5,9,11,15H,6-8,10,12H2,1H3,(H,20,24)(H,22,26). The van der Waals surface area contributed by atoms with Crippen LogP contribution < -0.4 is 15.4 Å². The van der Waals surface area contributed by atoms with Crippen molar-refractivity contribution in [1.29, 1.82) is 0 Å². The zero-order valence-electron chi connectivity index (χ0n) is 15.5. The van der Waals surface area contributed by atoms with E-state index in [1.54, 1.807) is 13.3 Å². The average Bonchev–Trinajstić information content (AvgIpc) is 3.29. The molecule has 0 saturated carbocycles. The second-order valence-corrected chi connectivity index (χ2v) is 7.30. The number of nitrogens with one attached hydrogen (secondary N) is 2. The van der Waals surface area contributed by atoms with E-state index in [1.165, 1.54) is 11.3 Å². The number of aromatic nitrogens is 1. The van der Waals surface area contributed by atoms with Crippen molar-refractivity contribution in [3.63, 3.8) is 0 Å². The number of rotatable bonds is 9. The summed E-state index contributed by atoms with van der Waals surface area (Å²) in [5.74, 6) is 0.112. The van der Waals surface area contributed by atoms with E-state index in [4.69, 9.17) is 4.74 Å². The van der Waals surface area contributed by atoms with Crippen molar-refractivity contribution >= 4 is 29.2 Å². The molecule has 0 radical (unpaired) electrons. The third-order valence-electron chi connectivity index (χ3n) is 4.42. The minimum Gasteiger partial charge on any atom is -0.497 e. The number of hydrogen-bond acceptors (Lipinski definition) is 6. The molecule has 0 aliphatic carbocycles. The summed E-state index contributed by atoms with van der Waals surface area (Å²) in [4.78, 5) is 41.9. The highest BCUT2D eigenvalue weighted by Crippen LogP contribution is 2.14. The Kier molecular flexibility index (Phi) is 6.59. The van der Waals surface area contributed by atoms with Crippen molar-refractivity contribution in [2.75, 3.05) is 20.2 Å². The van der Waals surface area contributed by atoms with Gasteiger partial charge in [0.1, 0.15) is 11.8 Å². The number of carbonyl (C=O) groups excluding carboxylic acids is 3. The molecule has 1 unspecified atom stereocenters. The molecule has 2 N–H and O–H groups in total. The molecule has 3 rings (SSSR count). The van der Waals surface area contributed by atoms with Crippen LogP contribution in [-0.2, 0) is 22.4 Å². The van der Waals surface area contributed by atoms with Gasteiger partial charge in [0.2, 0.25) is 5.91 Å². The molecule has 4 amide bonds. The first-order chi connectivity index (χ1) is 13.6. The lowest BCUT2D eigenvalue weighted by molar-refractivity contribution is -0.130. The van der Waals surface area contributed by atoms with Gasteiger partial charge in [-0.2, -0.15) is 0 Å². The molecule has 0 spiro atoms. The average molecular weight is 402 g/mol. The lowest BCUT2D eigenvalue weighted by atomic mass is 10.1. The van der Waals surface area contributed by atoms with Crippen LogP contribution in [0.1, 0.15) is 17.0 Å². The summed E-state index contributed by atoms with van der Waals surface area (Å²) in [6.45, 7) is 0.710. The maximum atomic E-state index is 12.5. The van der Waals surface area contributed by atoms with Crippen LogP contribution >= 0.6 is 11.3 Å². The maximum absolute atomic E-state index is 12.5.